The summed E-state index contributed by atoms with van der Waals surface area (Å²) >= 11 is 1.18. The molecule has 0 aliphatic carbocycles. The summed E-state index contributed by atoms with van der Waals surface area (Å²) in [6.45, 7) is 3.20. The zero-order valence-electron chi connectivity index (χ0n) is 8.57. The van der Waals surface area contributed by atoms with Crippen LogP contribution in [0.2, 0.25) is 0 Å². The lowest BCUT2D eigenvalue weighted by atomic mass is 10.1. The molecule has 0 N–H and O–H groups in total. The number of hydrogen-bond donors (Lipinski definition) is 0. The molecule has 1 nitrogen and oxygen atoms in total. The first kappa shape index (κ1) is 12.8. The Hall–Kier alpha value is -0.230. The zero-order valence-corrected chi connectivity index (χ0v) is 9.38. The van der Waals surface area contributed by atoms with Crippen molar-refractivity contribution < 1.29 is 17.6 Å². The number of nitrogens with zero attached hydrogens (tertiary/aromatic N) is 1. The fourth-order valence-corrected chi connectivity index (χ4v) is 2.33. The minimum atomic E-state index is -3.92. The van der Waals surface area contributed by atoms with Gasteiger partial charge in [0.25, 0.3) is 0 Å². The summed E-state index contributed by atoms with van der Waals surface area (Å²) < 4.78 is 50.7. The van der Waals surface area contributed by atoms with E-state index in [0.717, 1.165) is 11.1 Å². The maximum absolute atomic E-state index is 12.7. The first-order chi connectivity index (χ1) is 6.83. The highest BCUT2D eigenvalue weighted by molar-refractivity contribution is 7.97. The fraction of sp³-hybridized carbons (Fsp3) is 0.778. The first-order valence-electron chi connectivity index (χ1n) is 4.52. The van der Waals surface area contributed by atoms with Crippen molar-refractivity contribution in [3.63, 3.8) is 0 Å². The van der Waals surface area contributed by atoms with E-state index in [4.69, 9.17) is 0 Å². The fourth-order valence-electron chi connectivity index (χ4n) is 1.16. The Balaban J connectivity index is 2.56. The summed E-state index contributed by atoms with van der Waals surface area (Å²) in [4.78, 5) is 0. The molecule has 1 heterocycles. The van der Waals surface area contributed by atoms with E-state index in [9.17, 15) is 17.6 Å². The van der Waals surface area contributed by atoms with Crippen LogP contribution < -0.4 is 0 Å². The van der Waals surface area contributed by atoms with Crippen LogP contribution >= 0.6 is 11.9 Å². The van der Waals surface area contributed by atoms with Crippen LogP contribution in [0.15, 0.2) is 11.1 Å². The van der Waals surface area contributed by atoms with Crippen LogP contribution in [-0.4, -0.2) is 35.5 Å². The Morgan fingerprint density at radius 3 is 2.40 bits per heavy atom. The van der Waals surface area contributed by atoms with Crippen molar-refractivity contribution in [1.82, 2.24) is 4.31 Å². The van der Waals surface area contributed by atoms with Gasteiger partial charge in [0, 0.05) is 12.3 Å². The number of hydrogen-bond acceptors (Lipinski definition) is 2. The molecule has 0 atom stereocenters. The summed E-state index contributed by atoms with van der Waals surface area (Å²) in [6.07, 6.45) is -3.59. The molecule has 0 fully saturated rings. The van der Waals surface area contributed by atoms with Crippen LogP contribution in [-0.2, 0) is 0 Å². The lowest BCUT2D eigenvalue weighted by Crippen LogP contribution is -2.40. The quantitative estimate of drug-likeness (QED) is 0.425. The summed E-state index contributed by atoms with van der Waals surface area (Å²) in [5.41, 5.74) is 2.12. The van der Waals surface area contributed by atoms with Gasteiger partial charge in [-0.25, -0.2) is 13.1 Å². The Labute approximate surface area is 90.6 Å². The summed E-state index contributed by atoms with van der Waals surface area (Å²) in [7, 11) is 0. The molecule has 0 bridgehead atoms. The molecule has 6 heteroatoms. The molecule has 0 spiro atoms. The van der Waals surface area contributed by atoms with Gasteiger partial charge in [-0.15, -0.1) is 0 Å². The van der Waals surface area contributed by atoms with Gasteiger partial charge < -0.3 is 0 Å². The highest BCUT2D eigenvalue weighted by Gasteiger charge is 2.42. The molecule has 15 heavy (non-hydrogen) atoms. The van der Waals surface area contributed by atoms with E-state index in [-0.39, 0.29) is 0 Å². The Morgan fingerprint density at radius 1 is 1.33 bits per heavy atom. The highest BCUT2D eigenvalue weighted by atomic mass is 32.2. The molecule has 0 aromatic rings. The lowest BCUT2D eigenvalue weighted by Gasteiger charge is -2.30. The second kappa shape index (κ2) is 4.74. The van der Waals surface area contributed by atoms with Crippen molar-refractivity contribution in [2.75, 3.05) is 18.8 Å². The topological polar surface area (TPSA) is 3.24 Å². The van der Waals surface area contributed by atoms with Crippen LogP contribution in [0.4, 0.5) is 17.6 Å². The normalized spacial score (nSPS) is 20.2. The van der Waals surface area contributed by atoms with Gasteiger partial charge in [0.15, 0.2) is 0 Å². The lowest BCUT2D eigenvalue weighted by molar-refractivity contribution is -0.132. The molecular formula is C9H13F4NS. The first-order valence-corrected chi connectivity index (χ1v) is 5.46. The molecule has 0 amide bonds. The second-order valence-electron chi connectivity index (χ2n) is 3.69. The molecule has 0 aromatic carbocycles. The van der Waals surface area contributed by atoms with Gasteiger partial charge in [0.1, 0.15) is 0 Å². The van der Waals surface area contributed by atoms with Gasteiger partial charge in [0.2, 0.25) is 0 Å². The van der Waals surface area contributed by atoms with E-state index in [0.29, 0.717) is 12.3 Å². The van der Waals surface area contributed by atoms with Gasteiger partial charge in [-0.05, 0) is 13.8 Å². The van der Waals surface area contributed by atoms with Crippen molar-refractivity contribution in [1.29, 1.82) is 0 Å². The van der Waals surface area contributed by atoms with Crippen LogP contribution in [0.25, 0.3) is 0 Å². The molecule has 88 valence electrons. The predicted octanol–water partition coefficient (Wildman–Crippen LogP) is 3.19. The zero-order chi connectivity index (χ0) is 11.6. The van der Waals surface area contributed by atoms with E-state index in [2.05, 4.69) is 0 Å². The standard InChI is InChI=1S/C9H13F4NS/c1-6-3-14(15-4-7(6)2)5-9(12,13)8(10)11/h8H,3-5H2,1-2H3. The summed E-state index contributed by atoms with van der Waals surface area (Å²) in [6, 6.07) is 0. The number of alkyl halides is 4. The largest absolute Gasteiger partial charge is 0.320 e. The van der Waals surface area contributed by atoms with Crippen molar-refractivity contribution >= 4 is 11.9 Å². The van der Waals surface area contributed by atoms with Crippen LogP contribution in [0.5, 0.6) is 0 Å². The van der Waals surface area contributed by atoms with Gasteiger partial charge >= 0.3 is 12.3 Å². The molecule has 1 aliphatic heterocycles. The van der Waals surface area contributed by atoms with Gasteiger partial charge in [-0.1, -0.05) is 23.1 Å². The van der Waals surface area contributed by atoms with Crippen molar-refractivity contribution in [3.8, 4) is 0 Å². The second-order valence-corrected chi connectivity index (χ2v) is 4.76. The SMILES string of the molecule is CC1=C(C)CN(CC(F)(F)C(F)F)SC1. The predicted molar refractivity (Wildman–Crippen MR) is 53.4 cm³/mol. The van der Waals surface area contributed by atoms with Crippen LogP contribution in [0.1, 0.15) is 13.8 Å². The van der Waals surface area contributed by atoms with Gasteiger partial charge in [0.05, 0.1) is 6.54 Å². The third kappa shape index (κ3) is 3.38. The van der Waals surface area contributed by atoms with E-state index in [1.54, 1.807) is 0 Å². The smallest absolute Gasteiger partial charge is 0.240 e. The monoisotopic (exact) mass is 243 g/mol. The van der Waals surface area contributed by atoms with E-state index >= 15 is 0 Å². The summed E-state index contributed by atoms with van der Waals surface area (Å²) in [5, 5.41) is 0. The molecule has 0 unspecified atom stereocenters. The molecule has 1 aliphatic rings. The number of rotatable bonds is 3. The summed E-state index contributed by atoms with van der Waals surface area (Å²) in [5.74, 6) is -3.32. The molecular weight excluding hydrogens is 230 g/mol. The van der Waals surface area contributed by atoms with E-state index < -0.39 is 18.9 Å². The average molecular weight is 243 g/mol. The van der Waals surface area contributed by atoms with Crippen LogP contribution in [0.3, 0.4) is 0 Å². The molecule has 0 saturated carbocycles. The number of halogens is 4. The van der Waals surface area contributed by atoms with Crippen molar-refractivity contribution in [2.24, 2.45) is 0 Å². The molecule has 0 radical (unpaired) electrons. The van der Waals surface area contributed by atoms with E-state index in [1.165, 1.54) is 16.3 Å². The van der Waals surface area contributed by atoms with Crippen LogP contribution in [0, 0.1) is 0 Å². The molecule has 1 rings (SSSR count). The molecule has 0 saturated heterocycles. The Bertz CT molecular complexity index is 265. The Morgan fingerprint density at radius 2 is 1.93 bits per heavy atom. The van der Waals surface area contributed by atoms with Gasteiger partial charge in [-0.2, -0.15) is 8.78 Å². The minimum absolute atomic E-state index is 0.332. The molecule has 0 aromatic heterocycles. The Kier molecular flexibility index (Phi) is 4.06. The third-order valence-electron chi connectivity index (χ3n) is 2.31. The van der Waals surface area contributed by atoms with E-state index in [1.807, 2.05) is 13.8 Å². The highest BCUT2D eigenvalue weighted by Crippen LogP contribution is 2.30. The maximum Gasteiger partial charge on any atom is 0.320 e. The van der Waals surface area contributed by atoms with Crippen molar-refractivity contribution in [3.05, 3.63) is 11.1 Å². The van der Waals surface area contributed by atoms with Crippen molar-refractivity contribution in [2.45, 2.75) is 26.2 Å². The maximum atomic E-state index is 12.7. The van der Waals surface area contributed by atoms with Gasteiger partial charge in [-0.3, -0.25) is 0 Å². The average Bonchev–Trinajstić information content (AvgIpc) is 2.10. The minimum Gasteiger partial charge on any atom is -0.240 e. The third-order valence-corrected chi connectivity index (χ3v) is 3.50.